The van der Waals surface area contributed by atoms with E-state index in [4.69, 9.17) is 5.73 Å². The molecular formula is C12H19N3O4S. The van der Waals surface area contributed by atoms with Crippen molar-refractivity contribution in [2.45, 2.75) is 42.7 Å². The predicted octanol–water partition coefficient (Wildman–Crippen LogP) is -0.294. The molecule has 8 heteroatoms. The van der Waals surface area contributed by atoms with E-state index in [1.54, 1.807) is 7.05 Å². The maximum absolute atomic E-state index is 12.2. The number of sulfonamides is 1. The number of nitrogens with two attached hydrogens (primary N) is 1. The Morgan fingerprint density at radius 2 is 2.10 bits per heavy atom. The summed E-state index contributed by atoms with van der Waals surface area (Å²) in [6.07, 6.45) is 3.64. The minimum Gasteiger partial charge on any atom is -0.391 e. The molecule has 0 bridgehead atoms. The van der Waals surface area contributed by atoms with Crippen LogP contribution in [0.1, 0.15) is 36.2 Å². The highest BCUT2D eigenvalue weighted by Gasteiger charge is 2.29. The molecule has 0 spiro atoms. The maximum Gasteiger partial charge on any atom is 0.265 e. The van der Waals surface area contributed by atoms with E-state index < -0.39 is 28.1 Å². The van der Waals surface area contributed by atoms with Crippen LogP contribution in [0.4, 0.5) is 0 Å². The van der Waals surface area contributed by atoms with E-state index in [-0.39, 0.29) is 10.6 Å². The number of hydrogen-bond donors (Lipinski definition) is 3. The minimum absolute atomic E-state index is 0.0217. The van der Waals surface area contributed by atoms with Crippen LogP contribution in [-0.2, 0) is 17.1 Å². The summed E-state index contributed by atoms with van der Waals surface area (Å²) in [6, 6.07) is 0.755. The second kappa shape index (κ2) is 5.55. The zero-order valence-corrected chi connectivity index (χ0v) is 12.1. The number of nitrogens with one attached hydrogen (secondary N) is 1. The molecule has 1 aromatic rings. The number of aliphatic hydroxyl groups is 1. The Morgan fingerprint density at radius 3 is 2.65 bits per heavy atom. The van der Waals surface area contributed by atoms with Gasteiger partial charge >= 0.3 is 0 Å². The van der Waals surface area contributed by atoms with E-state index >= 15 is 0 Å². The molecule has 0 aromatic carbocycles. The first kappa shape index (κ1) is 15.0. The lowest BCUT2D eigenvalue weighted by Gasteiger charge is -2.27. The smallest absolute Gasteiger partial charge is 0.265 e. The summed E-state index contributed by atoms with van der Waals surface area (Å²) in [5.41, 5.74) is 5.28. The fourth-order valence-electron chi connectivity index (χ4n) is 2.44. The van der Waals surface area contributed by atoms with Gasteiger partial charge in [0.25, 0.3) is 5.91 Å². The second-order valence-corrected chi connectivity index (χ2v) is 6.83. The fraction of sp³-hybridized carbons (Fsp3) is 0.583. The van der Waals surface area contributed by atoms with Crippen LogP contribution in [0.3, 0.4) is 0 Å². The summed E-state index contributed by atoms with van der Waals surface area (Å²) in [7, 11) is -2.22. The van der Waals surface area contributed by atoms with Gasteiger partial charge in [-0.1, -0.05) is 12.8 Å². The number of primary amides is 1. The molecule has 1 fully saturated rings. The molecule has 2 atom stereocenters. The Morgan fingerprint density at radius 1 is 1.45 bits per heavy atom. The van der Waals surface area contributed by atoms with Gasteiger partial charge in [-0.15, -0.1) is 0 Å². The van der Waals surface area contributed by atoms with Gasteiger partial charge in [0.1, 0.15) is 10.6 Å². The van der Waals surface area contributed by atoms with Crippen molar-refractivity contribution in [3.63, 3.8) is 0 Å². The molecule has 1 saturated carbocycles. The summed E-state index contributed by atoms with van der Waals surface area (Å²) in [5.74, 6) is -0.688. The van der Waals surface area contributed by atoms with Crippen molar-refractivity contribution in [1.29, 1.82) is 0 Å². The van der Waals surface area contributed by atoms with Gasteiger partial charge in [-0.25, -0.2) is 13.1 Å². The van der Waals surface area contributed by atoms with Crippen molar-refractivity contribution in [1.82, 2.24) is 9.29 Å². The van der Waals surface area contributed by atoms with E-state index in [9.17, 15) is 18.3 Å². The molecule has 20 heavy (non-hydrogen) atoms. The molecule has 0 radical (unpaired) electrons. The lowest BCUT2D eigenvalue weighted by molar-refractivity contribution is 0.0992. The van der Waals surface area contributed by atoms with Gasteiger partial charge < -0.3 is 15.4 Å². The van der Waals surface area contributed by atoms with Crippen LogP contribution < -0.4 is 10.5 Å². The first-order valence-corrected chi connectivity index (χ1v) is 7.96. The van der Waals surface area contributed by atoms with Crippen molar-refractivity contribution in [2.75, 3.05) is 0 Å². The highest BCUT2D eigenvalue weighted by Crippen LogP contribution is 2.21. The van der Waals surface area contributed by atoms with E-state index in [1.807, 2.05) is 0 Å². The Hall–Kier alpha value is -1.38. The zero-order chi connectivity index (χ0) is 14.9. The highest BCUT2D eigenvalue weighted by atomic mass is 32.2. The van der Waals surface area contributed by atoms with Gasteiger partial charge in [0, 0.05) is 19.3 Å². The van der Waals surface area contributed by atoms with Crippen LogP contribution in [0.15, 0.2) is 17.2 Å². The normalized spacial score (nSPS) is 23.7. The number of aromatic nitrogens is 1. The zero-order valence-electron chi connectivity index (χ0n) is 11.2. The van der Waals surface area contributed by atoms with Crippen molar-refractivity contribution < 1.29 is 18.3 Å². The molecule has 2 unspecified atom stereocenters. The topological polar surface area (TPSA) is 114 Å². The summed E-state index contributed by atoms with van der Waals surface area (Å²) in [4.78, 5) is 11.1. The number of aryl methyl sites for hydroxylation is 1. The molecule has 1 aromatic heterocycles. The first-order chi connectivity index (χ1) is 9.31. The maximum atomic E-state index is 12.2. The molecule has 0 aliphatic heterocycles. The minimum atomic E-state index is -3.77. The van der Waals surface area contributed by atoms with Gasteiger partial charge in [-0.05, 0) is 18.9 Å². The van der Waals surface area contributed by atoms with Crippen molar-refractivity contribution in [3.8, 4) is 0 Å². The second-order valence-electron chi connectivity index (χ2n) is 5.12. The van der Waals surface area contributed by atoms with Crippen molar-refractivity contribution >= 4 is 15.9 Å². The summed E-state index contributed by atoms with van der Waals surface area (Å²) < 4.78 is 28.4. The number of amides is 1. The summed E-state index contributed by atoms with van der Waals surface area (Å²) in [6.45, 7) is 0. The Balaban J connectivity index is 2.22. The first-order valence-electron chi connectivity index (χ1n) is 6.48. The van der Waals surface area contributed by atoms with E-state index in [2.05, 4.69) is 4.72 Å². The van der Waals surface area contributed by atoms with Gasteiger partial charge in [-0.2, -0.15) is 0 Å². The van der Waals surface area contributed by atoms with E-state index in [0.29, 0.717) is 12.8 Å². The van der Waals surface area contributed by atoms with Gasteiger partial charge in [0.15, 0.2) is 0 Å². The highest BCUT2D eigenvalue weighted by molar-refractivity contribution is 7.89. The lowest BCUT2D eigenvalue weighted by Crippen LogP contribution is -2.44. The molecule has 7 nitrogen and oxygen atoms in total. The Bertz CT molecular complexity index is 608. The monoisotopic (exact) mass is 301 g/mol. The average molecular weight is 301 g/mol. The molecule has 1 aliphatic rings. The molecular weight excluding hydrogens is 282 g/mol. The van der Waals surface area contributed by atoms with Gasteiger partial charge in [-0.3, -0.25) is 4.79 Å². The molecule has 1 amide bonds. The molecule has 4 N–H and O–H groups in total. The largest absolute Gasteiger partial charge is 0.391 e. The van der Waals surface area contributed by atoms with Crippen LogP contribution in [0.5, 0.6) is 0 Å². The number of rotatable bonds is 4. The number of hydrogen-bond acceptors (Lipinski definition) is 4. The van der Waals surface area contributed by atoms with Crippen LogP contribution in [0, 0.1) is 0 Å². The van der Waals surface area contributed by atoms with E-state index in [1.165, 1.54) is 16.8 Å². The van der Waals surface area contributed by atoms with Gasteiger partial charge in [0.05, 0.1) is 6.10 Å². The molecule has 0 saturated heterocycles. The van der Waals surface area contributed by atoms with E-state index in [0.717, 1.165) is 12.8 Å². The molecule has 1 heterocycles. The molecule has 112 valence electrons. The van der Waals surface area contributed by atoms with Crippen molar-refractivity contribution in [3.05, 3.63) is 18.0 Å². The fourth-order valence-corrected chi connectivity index (χ4v) is 3.82. The van der Waals surface area contributed by atoms with Gasteiger partial charge in [0.2, 0.25) is 10.0 Å². The number of carbonyl (C=O) groups excluding carboxylic acids is 1. The average Bonchev–Trinajstić information content (AvgIpc) is 2.75. The predicted molar refractivity (Wildman–Crippen MR) is 72.5 cm³/mol. The van der Waals surface area contributed by atoms with Crippen LogP contribution in [0.25, 0.3) is 0 Å². The molecule has 1 aliphatic carbocycles. The quantitative estimate of drug-likeness (QED) is 0.708. The Labute approximate surface area is 117 Å². The molecule has 2 rings (SSSR count). The standard InChI is InChI=1S/C12H19N3O4S/c1-15-7-8(6-10(15)12(13)17)20(18,19)14-9-4-2-3-5-11(9)16/h6-7,9,11,14,16H,2-5H2,1H3,(H2,13,17). The number of carbonyl (C=O) groups is 1. The summed E-state index contributed by atoms with van der Waals surface area (Å²) in [5, 5.41) is 9.82. The van der Waals surface area contributed by atoms with Crippen LogP contribution in [-0.4, -0.2) is 36.1 Å². The summed E-state index contributed by atoms with van der Waals surface area (Å²) >= 11 is 0. The van der Waals surface area contributed by atoms with Crippen LogP contribution in [0.2, 0.25) is 0 Å². The lowest BCUT2D eigenvalue weighted by atomic mass is 9.93. The third-order valence-corrected chi connectivity index (χ3v) is 5.04. The Kier molecular flexibility index (Phi) is 4.17. The van der Waals surface area contributed by atoms with Crippen molar-refractivity contribution in [2.24, 2.45) is 12.8 Å². The number of aliphatic hydroxyl groups excluding tert-OH is 1. The number of nitrogens with zero attached hydrogens (tertiary/aromatic N) is 1. The SMILES string of the molecule is Cn1cc(S(=O)(=O)NC2CCCCC2O)cc1C(N)=O. The third kappa shape index (κ3) is 3.02. The third-order valence-electron chi connectivity index (χ3n) is 3.58. The van der Waals surface area contributed by atoms with Crippen LogP contribution >= 0.6 is 0 Å².